The van der Waals surface area contributed by atoms with Gasteiger partial charge in [-0.15, -0.1) is 0 Å². The second-order valence-corrected chi connectivity index (χ2v) is 3.87. The molecule has 1 aromatic carbocycles. The van der Waals surface area contributed by atoms with E-state index < -0.39 is 0 Å². The van der Waals surface area contributed by atoms with Crippen LogP contribution < -0.4 is 5.73 Å². The van der Waals surface area contributed by atoms with Gasteiger partial charge in [-0.1, -0.05) is 30.3 Å². The quantitative estimate of drug-likeness (QED) is 0.785. The third-order valence-corrected chi connectivity index (χ3v) is 2.56. The van der Waals surface area contributed by atoms with Gasteiger partial charge in [0, 0.05) is 17.9 Å². The van der Waals surface area contributed by atoms with E-state index in [0.29, 0.717) is 0 Å². The molecule has 0 bridgehead atoms. The van der Waals surface area contributed by atoms with Crippen molar-refractivity contribution in [1.29, 1.82) is 0 Å². The van der Waals surface area contributed by atoms with E-state index in [2.05, 4.69) is 35.3 Å². The van der Waals surface area contributed by atoms with Crippen LogP contribution in [0.25, 0.3) is 0 Å². The van der Waals surface area contributed by atoms with Gasteiger partial charge in [0.15, 0.2) is 0 Å². The molecule has 15 heavy (non-hydrogen) atoms. The van der Waals surface area contributed by atoms with Gasteiger partial charge >= 0.3 is 0 Å². The maximum Gasteiger partial charge on any atom is 0.0422 e. The highest BCUT2D eigenvalue weighted by Gasteiger charge is 2.07. The van der Waals surface area contributed by atoms with E-state index in [1.54, 1.807) is 0 Å². The molecule has 78 valence electrons. The lowest BCUT2D eigenvalue weighted by Gasteiger charge is -2.07. The van der Waals surface area contributed by atoms with Crippen molar-refractivity contribution in [3.8, 4) is 0 Å². The van der Waals surface area contributed by atoms with Crippen molar-refractivity contribution in [3.63, 3.8) is 0 Å². The number of hydrogen-bond acceptors (Lipinski definition) is 1. The van der Waals surface area contributed by atoms with Gasteiger partial charge in [-0.05, 0) is 30.5 Å². The Bertz CT molecular complexity index is 415. The zero-order valence-corrected chi connectivity index (χ0v) is 8.90. The summed E-state index contributed by atoms with van der Waals surface area (Å²) in [5.41, 5.74) is 9.63. The molecular weight excluding hydrogens is 184 g/mol. The first-order valence-corrected chi connectivity index (χ1v) is 5.23. The molecule has 1 heterocycles. The van der Waals surface area contributed by atoms with E-state index in [1.807, 2.05) is 19.2 Å². The Labute approximate surface area is 90.1 Å². The van der Waals surface area contributed by atoms with Gasteiger partial charge in [0.05, 0.1) is 0 Å². The highest BCUT2D eigenvalue weighted by molar-refractivity contribution is 5.30. The lowest BCUT2D eigenvalue weighted by Crippen LogP contribution is -2.08. The zero-order chi connectivity index (χ0) is 10.7. The van der Waals surface area contributed by atoms with Crippen LogP contribution in [0, 0.1) is 0 Å². The molecule has 0 unspecified atom stereocenters. The zero-order valence-electron chi connectivity index (χ0n) is 8.90. The van der Waals surface area contributed by atoms with E-state index in [9.17, 15) is 0 Å². The van der Waals surface area contributed by atoms with Crippen LogP contribution >= 0.6 is 0 Å². The molecule has 0 saturated carbocycles. The number of aromatic nitrogens is 1. The molecule has 0 fully saturated rings. The van der Waals surface area contributed by atoms with E-state index in [-0.39, 0.29) is 6.04 Å². The third kappa shape index (κ3) is 2.28. The summed E-state index contributed by atoms with van der Waals surface area (Å²) in [4.78, 5) is 3.20. The Morgan fingerprint density at radius 2 is 1.93 bits per heavy atom. The Balaban J connectivity index is 2.21. The second kappa shape index (κ2) is 4.32. The summed E-state index contributed by atoms with van der Waals surface area (Å²) in [5, 5.41) is 0. The molecule has 2 nitrogen and oxygen atoms in total. The van der Waals surface area contributed by atoms with Crippen molar-refractivity contribution >= 4 is 0 Å². The Morgan fingerprint density at radius 1 is 1.20 bits per heavy atom. The maximum atomic E-state index is 5.88. The minimum Gasteiger partial charge on any atom is -0.363 e. The van der Waals surface area contributed by atoms with Crippen LogP contribution in [0.2, 0.25) is 0 Å². The summed E-state index contributed by atoms with van der Waals surface area (Å²) in [6, 6.07) is 12.6. The molecular formula is C13H16N2. The highest BCUT2D eigenvalue weighted by Crippen LogP contribution is 2.17. The number of aromatic amines is 1. The fourth-order valence-electron chi connectivity index (χ4n) is 1.81. The van der Waals surface area contributed by atoms with Crippen molar-refractivity contribution in [3.05, 3.63) is 59.4 Å². The second-order valence-electron chi connectivity index (χ2n) is 3.87. The first-order valence-electron chi connectivity index (χ1n) is 5.23. The normalized spacial score (nSPS) is 12.7. The van der Waals surface area contributed by atoms with Crippen LogP contribution in [0.1, 0.15) is 29.8 Å². The monoisotopic (exact) mass is 200 g/mol. The van der Waals surface area contributed by atoms with E-state index in [1.165, 1.54) is 11.1 Å². The minimum absolute atomic E-state index is 0.0683. The predicted octanol–water partition coefficient (Wildman–Crippen LogP) is 2.63. The maximum absolute atomic E-state index is 5.88. The smallest absolute Gasteiger partial charge is 0.0422 e. The van der Waals surface area contributed by atoms with Crippen molar-refractivity contribution in [1.82, 2.24) is 4.98 Å². The van der Waals surface area contributed by atoms with Gasteiger partial charge in [-0.25, -0.2) is 0 Å². The SMILES string of the molecule is C[C@H](N)c1[nH]ccc1Cc1ccccc1. The molecule has 0 aliphatic carbocycles. The number of nitrogens with one attached hydrogen (secondary N) is 1. The molecule has 0 saturated heterocycles. The van der Waals surface area contributed by atoms with Crippen molar-refractivity contribution in [2.24, 2.45) is 5.73 Å². The molecule has 0 aliphatic rings. The molecule has 2 aromatic rings. The molecule has 0 radical (unpaired) electrons. The lowest BCUT2D eigenvalue weighted by molar-refractivity contribution is 0.777. The topological polar surface area (TPSA) is 41.8 Å². The Hall–Kier alpha value is -1.54. The Kier molecular flexibility index (Phi) is 2.88. The predicted molar refractivity (Wildman–Crippen MR) is 62.6 cm³/mol. The molecule has 0 spiro atoms. The molecule has 3 N–H and O–H groups in total. The standard InChI is InChI=1S/C13H16N2/c1-10(14)13-12(7-8-15-13)9-11-5-3-2-4-6-11/h2-8,10,15H,9,14H2,1H3/t10-/m0/s1. The van der Waals surface area contributed by atoms with Gasteiger partial charge in [-0.2, -0.15) is 0 Å². The number of hydrogen-bond donors (Lipinski definition) is 2. The van der Waals surface area contributed by atoms with Crippen LogP contribution in [-0.4, -0.2) is 4.98 Å². The summed E-state index contributed by atoms with van der Waals surface area (Å²) in [7, 11) is 0. The van der Waals surface area contributed by atoms with Gasteiger partial charge < -0.3 is 10.7 Å². The van der Waals surface area contributed by atoms with Crippen LogP contribution in [0.15, 0.2) is 42.6 Å². The van der Waals surface area contributed by atoms with Crippen molar-refractivity contribution < 1.29 is 0 Å². The molecule has 0 amide bonds. The van der Waals surface area contributed by atoms with Gasteiger partial charge in [-0.3, -0.25) is 0 Å². The fraction of sp³-hybridized carbons (Fsp3) is 0.231. The van der Waals surface area contributed by atoms with E-state index in [0.717, 1.165) is 12.1 Å². The fourth-order valence-corrected chi connectivity index (χ4v) is 1.81. The first-order chi connectivity index (χ1) is 7.27. The van der Waals surface area contributed by atoms with Crippen LogP contribution in [-0.2, 0) is 6.42 Å². The lowest BCUT2D eigenvalue weighted by atomic mass is 10.0. The summed E-state index contributed by atoms with van der Waals surface area (Å²) in [5.74, 6) is 0. The number of rotatable bonds is 3. The molecule has 1 atom stereocenters. The van der Waals surface area contributed by atoms with E-state index in [4.69, 9.17) is 5.73 Å². The van der Waals surface area contributed by atoms with Crippen LogP contribution in [0.3, 0.4) is 0 Å². The molecule has 2 rings (SSSR count). The molecule has 0 aliphatic heterocycles. The van der Waals surface area contributed by atoms with Crippen molar-refractivity contribution in [2.45, 2.75) is 19.4 Å². The minimum atomic E-state index is 0.0683. The average molecular weight is 200 g/mol. The number of nitrogens with two attached hydrogens (primary N) is 1. The average Bonchev–Trinajstić information content (AvgIpc) is 2.67. The van der Waals surface area contributed by atoms with Crippen LogP contribution in [0.5, 0.6) is 0 Å². The number of H-pyrrole nitrogens is 1. The molecule has 1 aromatic heterocycles. The summed E-state index contributed by atoms with van der Waals surface area (Å²) < 4.78 is 0. The number of benzene rings is 1. The third-order valence-electron chi connectivity index (χ3n) is 2.56. The first kappa shape index (κ1) is 9.99. The van der Waals surface area contributed by atoms with E-state index >= 15 is 0 Å². The van der Waals surface area contributed by atoms with Gasteiger partial charge in [0.25, 0.3) is 0 Å². The summed E-state index contributed by atoms with van der Waals surface area (Å²) >= 11 is 0. The largest absolute Gasteiger partial charge is 0.363 e. The van der Waals surface area contributed by atoms with Crippen molar-refractivity contribution in [2.75, 3.05) is 0 Å². The summed E-state index contributed by atoms with van der Waals surface area (Å²) in [6.07, 6.45) is 2.90. The highest BCUT2D eigenvalue weighted by atomic mass is 14.8. The van der Waals surface area contributed by atoms with Gasteiger partial charge in [0.1, 0.15) is 0 Å². The Morgan fingerprint density at radius 3 is 2.60 bits per heavy atom. The van der Waals surface area contributed by atoms with Gasteiger partial charge in [0.2, 0.25) is 0 Å². The summed E-state index contributed by atoms with van der Waals surface area (Å²) in [6.45, 7) is 2.00. The van der Waals surface area contributed by atoms with Crippen LogP contribution in [0.4, 0.5) is 0 Å². The molecule has 2 heteroatoms.